The summed E-state index contributed by atoms with van der Waals surface area (Å²) in [6, 6.07) is 6.22. The minimum atomic E-state index is -1.88. The molecule has 2 rings (SSSR count). The number of carboxylic acid groups (broad SMARTS) is 1. The standard InChI is InChI=1S/C17H21NO10/c1-2-10(19)26-7-8-3-5-9(6-4-8)18-17(25)28-16-13(22)11(20)12(21)14(27-16)15(23)24/h3-6,11-14,16,20-22H,2,7H2,1H3,(H,18,25)(H,23,24). The number of hydrogen-bond acceptors (Lipinski definition) is 9. The number of aliphatic hydroxyl groups excluding tert-OH is 3. The van der Waals surface area contributed by atoms with Crippen molar-refractivity contribution in [2.24, 2.45) is 0 Å². The minimum Gasteiger partial charge on any atom is -0.479 e. The van der Waals surface area contributed by atoms with Crippen LogP contribution in [0.3, 0.4) is 0 Å². The molecule has 1 aliphatic heterocycles. The summed E-state index contributed by atoms with van der Waals surface area (Å²) in [4.78, 5) is 34.1. The number of nitrogens with one attached hydrogen (secondary N) is 1. The average Bonchev–Trinajstić information content (AvgIpc) is 2.67. The van der Waals surface area contributed by atoms with Crippen LogP contribution in [-0.2, 0) is 30.4 Å². The molecule has 0 saturated carbocycles. The number of aliphatic hydroxyl groups is 3. The SMILES string of the molecule is CCC(=O)OCc1ccc(NC(=O)OC2OC(C(=O)O)C(O)C(O)C2O)cc1. The van der Waals surface area contributed by atoms with E-state index < -0.39 is 42.8 Å². The van der Waals surface area contributed by atoms with Gasteiger partial charge in [0.15, 0.2) is 6.10 Å². The van der Waals surface area contributed by atoms with Gasteiger partial charge in [0.05, 0.1) is 0 Å². The van der Waals surface area contributed by atoms with Gasteiger partial charge in [-0.15, -0.1) is 0 Å². The number of carbonyl (C=O) groups excluding carboxylic acids is 2. The molecule has 1 fully saturated rings. The van der Waals surface area contributed by atoms with Crippen LogP contribution in [0.25, 0.3) is 0 Å². The Balaban J connectivity index is 1.92. The average molecular weight is 399 g/mol. The minimum absolute atomic E-state index is 0.0797. The van der Waals surface area contributed by atoms with Gasteiger partial charge in [-0.25, -0.2) is 9.59 Å². The number of anilines is 1. The van der Waals surface area contributed by atoms with E-state index in [1.54, 1.807) is 19.1 Å². The third-order valence-corrected chi connectivity index (χ3v) is 3.93. The molecule has 0 aliphatic carbocycles. The summed E-state index contributed by atoms with van der Waals surface area (Å²) in [5.74, 6) is -1.93. The van der Waals surface area contributed by atoms with E-state index in [0.29, 0.717) is 11.3 Å². The highest BCUT2D eigenvalue weighted by Crippen LogP contribution is 2.23. The van der Waals surface area contributed by atoms with E-state index in [4.69, 9.17) is 19.3 Å². The monoisotopic (exact) mass is 399 g/mol. The van der Waals surface area contributed by atoms with Crippen molar-refractivity contribution in [1.82, 2.24) is 0 Å². The summed E-state index contributed by atoms with van der Waals surface area (Å²) in [5, 5.41) is 40.4. The molecule has 5 atom stereocenters. The van der Waals surface area contributed by atoms with E-state index >= 15 is 0 Å². The number of aliphatic carboxylic acids is 1. The van der Waals surface area contributed by atoms with Crippen LogP contribution in [0.1, 0.15) is 18.9 Å². The van der Waals surface area contributed by atoms with Crippen LogP contribution in [0.5, 0.6) is 0 Å². The Morgan fingerprint density at radius 3 is 2.29 bits per heavy atom. The van der Waals surface area contributed by atoms with E-state index in [2.05, 4.69) is 5.32 Å². The van der Waals surface area contributed by atoms with E-state index in [0.717, 1.165) is 0 Å². The second-order valence-corrected chi connectivity index (χ2v) is 5.98. The molecule has 11 nitrogen and oxygen atoms in total. The van der Waals surface area contributed by atoms with Crippen LogP contribution >= 0.6 is 0 Å². The second kappa shape index (κ2) is 9.46. The first-order valence-corrected chi connectivity index (χ1v) is 8.37. The highest BCUT2D eigenvalue weighted by atomic mass is 16.7. The fraction of sp³-hybridized carbons (Fsp3) is 0.471. The number of ether oxygens (including phenoxy) is 3. The van der Waals surface area contributed by atoms with E-state index in [-0.39, 0.29) is 19.0 Å². The van der Waals surface area contributed by atoms with Crippen LogP contribution in [0, 0.1) is 0 Å². The first kappa shape index (κ1) is 21.6. The molecule has 1 heterocycles. The van der Waals surface area contributed by atoms with Crippen molar-refractivity contribution in [3.05, 3.63) is 29.8 Å². The lowest BCUT2D eigenvalue weighted by molar-refractivity contribution is -0.277. The maximum Gasteiger partial charge on any atom is 0.414 e. The molecule has 1 saturated heterocycles. The van der Waals surface area contributed by atoms with Crippen molar-refractivity contribution in [3.63, 3.8) is 0 Å². The largest absolute Gasteiger partial charge is 0.479 e. The second-order valence-electron chi connectivity index (χ2n) is 5.98. The lowest BCUT2D eigenvalue weighted by atomic mass is 9.99. The topological polar surface area (TPSA) is 172 Å². The highest BCUT2D eigenvalue weighted by molar-refractivity contribution is 5.84. The van der Waals surface area contributed by atoms with E-state index in [1.807, 2.05) is 0 Å². The third kappa shape index (κ3) is 5.39. The molecular formula is C17H21NO10. The molecular weight excluding hydrogens is 378 g/mol. The van der Waals surface area contributed by atoms with Gasteiger partial charge in [0.1, 0.15) is 24.9 Å². The maximum absolute atomic E-state index is 11.9. The number of rotatable bonds is 6. The lowest BCUT2D eigenvalue weighted by Gasteiger charge is -2.37. The zero-order valence-electron chi connectivity index (χ0n) is 14.8. The number of esters is 1. The van der Waals surface area contributed by atoms with E-state index in [1.165, 1.54) is 12.1 Å². The van der Waals surface area contributed by atoms with Gasteiger partial charge in [-0.2, -0.15) is 0 Å². The number of carboxylic acids is 1. The van der Waals surface area contributed by atoms with Crippen molar-refractivity contribution in [3.8, 4) is 0 Å². The molecule has 5 unspecified atom stereocenters. The number of benzene rings is 1. The summed E-state index contributed by atoms with van der Waals surface area (Å²) < 4.78 is 14.6. The van der Waals surface area contributed by atoms with Crippen LogP contribution in [-0.4, -0.2) is 69.2 Å². The van der Waals surface area contributed by atoms with Gasteiger partial charge in [-0.05, 0) is 17.7 Å². The quantitative estimate of drug-likeness (QED) is 0.396. The van der Waals surface area contributed by atoms with Crippen LogP contribution < -0.4 is 5.32 Å². The van der Waals surface area contributed by atoms with E-state index in [9.17, 15) is 29.7 Å². The molecule has 5 N–H and O–H groups in total. The molecule has 1 aromatic rings. The summed E-state index contributed by atoms with van der Waals surface area (Å²) >= 11 is 0. The van der Waals surface area contributed by atoms with Gasteiger partial charge in [0.25, 0.3) is 0 Å². The van der Waals surface area contributed by atoms with Crippen molar-refractivity contribution in [2.75, 3.05) is 5.32 Å². The molecule has 0 spiro atoms. The fourth-order valence-corrected chi connectivity index (χ4v) is 2.35. The zero-order chi connectivity index (χ0) is 20.8. The molecule has 0 radical (unpaired) electrons. The Morgan fingerprint density at radius 1 is 1.07 bits per heavy atom. The van der Waals surface area contributed by atoms with Crippen molar-refractivity contribution < 1.29 is 49.0 Å². The van der Waals surface area contributed by atoms with Crippen molar-refractivity contribution in [1.29, 1.82) is 0 Å². The Bertz CT molecular complexity index is 706. The summed E-state index contributed by atoms with van der Waals surface area (Å²) in [7, 11) is 0. The molecule has 154 valence electrons. The number of carbonyl (C=O) groups is 3. The van der Waals surface area contributed by atoms with Gasteiger partial charge >= 0.3 is 18.0 Å². The molecule has 1 aromatic carbocycles. The summed E-state index contributed by atoms with van der Waals surface area (Å²) in [6.07, 6.45) is -10.1. The van der Waals surface area contributed by atoms with Crippen molar-refractivity contribution >= 4 is 23.7 Å². The lowest BCUT2D eigenvalue weighted by Crippen LogP contribution is -2.60. The number of amides is 1. The maximum atomic E-state index is 11.9. The Labute approximate surface area is 159 Å². The molecule has 1 amide bonds. The molecule has 1 aliphatic rings. The number of hydrogen-bond donors (Lipinski definition) is 5. The Morgan fingerprint density at radius 2 is 1.71 bits per heavy atom. The first-order chi connectivity index (χ1) is 13.2. The molecule has 0 bridgehead atoms. The van der Waals surface area contributed by atoms with Gasteiger partial charge in [-0.3, -0.25) is 10.1 Å². The predicted molar refractivity (Wildman–Crippen MR) is 90.9 cm³/mol. The Kier molecular flexibility index (Phi) is 7.29. The molecule has 11 heteroatoms. The predicted octanol–water partition coefficient (Wildman–Crippen LogP) is -0.419. The third-order valence-electron chi connectivity index (χ3n) is 3.93. The Hall–Kier alpha value is -2.73. The van der Waals surface area contributed by atoms with Gasteiger partial charge < -0.3 is 34.6 Å². The van der Waals surface area contributed by atoms with Gasteiger partial charge in [-0.1, -0.05) is 19.1 Å². The zero-order valence-corrected chi connectivity index (χ0v) is 14.8. The van der Waals surface area contributed by atoms with Crippen LogP contribution in [0.4, 0.5) is 10.5 Å². The highest BCUT2D eigenvalue weighted by Gasteiger charge is 2.48. The smallest absolute Gasteiger partial charge is 0.414 e. The van der Waals surface area contributed by atoms with Crippen molar-refractivity contribution in [2.45, 2.75) is 50.7 Å². The molecule has 0 aromatic heterocycles. The summed E-state index contributed by atoms with van der Waals surface area (Å²) in [6.45, 7) is 1.75. The fourth-order valence-electron chi connectivity index (χ4n) is 2.35. The normalized spacial score (nSPS) is 26.9. The van der Waals surface area contributed by atoms with Crippen LogP contribution in [0.15, 0.2) is 24.3 Å². The molecule has 28 heavy (non-hydrogen) atoms. The summed E-state index contributed by atoms with van der Waals surface area (Å²) in [5.41, 5.74) is 0.990. The van der Waals surface area contributed by atoms with Gasteiger partial charge in [0, 0.05) is 12.1 Å². The van der Waals surface area contributed by atoms with Gasteiger partial charge in [0.2, 0.25) is 6.29 Å². The first-order valence-electron chi connectivity index (χ1n) is 8.37. The van der Waals surface area contributed by atoms with Crippen LogP contribution in [0.2, 0.25) is 0 Å².